The van der Waals surface area contributed by atoms with Gasteiger partial charge in [0.1, 0.15) is 5.54 Å². The Morgan fingerprint density at radius 3 is 2.38 bits per heavy atom. The van der Waals surface area contributed by atoms with Crippen LogP contribution < -0.4 is 5.73 Å². The molecule has 2 nitrogen and oxygen atoms in total. The molecule has 1 atom stereocenters. The lowest BCUT2D eigenvalue weighted by molar-refractivity contribution is 0.523. The summed E-state index contributed by atoms with van der Waals surface area (Å²) in [6.45, 7) is 1.80. The molecule has 0 heterocycles. The van der Waals surface area contributed by atoms with Gasteiger partial charge in [0.25, 0.3) is 0 Å². The number of nitriles is 1. The lowest BCUT2D eigenvalue weighted by Gasteiger charge is -2.11. The van der Waals surface area contributed by atoms with Crippen LogP contribution >= 0.6 is 0 Å². The van der Waals surface area contributed by atoms with Crippen LogP contribution in [-0.2, 0) is 0 Å². The normalized spacial score (nSPS) is 26.1. The largest absolute Gasteiger partial charge is 0.313 e. The van der Waals surface area contributed by atoms with E-state index in [0.717, 1.165) is 12.8 Å². The van der Waals surface area contributed by atoms with Gasteiger partial charge < -0.3 is 5.73 Å². The molecule has 0 saturated heterocycles. The van der Waals surface area contributed by atoms with E-state index in [1.807, 2.05) is 0 Å². The molecule has 1 saturated carbocycles. The summed E-state index contributed by atoms with van der Waals surface area (Å²) in [4.78, 5) is 0. The molecule has 44 valence electrons. The molecule has 0 aromatic heterocycles. The molecule has 8 heavy (non-hydrogen) atoms. The van der Waals surface area contributed by atoms with Crippen molar-refractivity contribution in [2.45, 2.75) is 25.3 Å². The van der Waals surface area contributed by atoms with Crippen LogP contribution in [0.25, 0.3) is 0 Å². The molecule has 1 aliphatic carbocycles. The third-order valence-electron chi connectivity index (χ3n) is 1.67. The van der Waals surface area contributed by atoms with Crippen LogP contribution in [0.1, 0.15) is 19.8 Å². The Morgan fingerprint density at radius 2 is 2.25 bits per heavy atom. The number of rotatable bonds is 1. The summed E-state index contributed by atoms with van der Waals surface area (Å²) in [5, 5.41) is 8.43. The summed E-state index contributed by atoms with van der Waals surface area (Å²) in [5.74, 6) is 0.479. The summed E-state index contributed by atoms with van der Waals surface area (Å²) < 4.78 is 0. The predicted molar refractivity (Wildman–Crippen MR) is 30.9 cm³/mol. The van der Waals surface area contributed by atoms with Gasteiger partial charge in [-0.2, -0.15) is 5.26 Å². The van der Waals surface area contributed by atoms with E-state index < -0.39 is 5.54 Å². The van der Waals surface area contributed by atoms with Crippen molar-refractivity contribution >= 4 is 0 Å². The lowest BCUT2D eigenvalue weighted by Crippen LogP contribution is -2.36. The number of hydrogen-bond acceptors (Lipinski definition) is 2. The van der Waals surface area contributed by atoms with Gasteiger partial charge in [0, 0.05) is 0 Å². The van der Waals surface area contributed by atoms with Crippen LogP contribution in [0.15, 0.2) is 0 Å². The van der Waals surface area contributed by atoms with Gasteiger partial charge >= 0.3 is 0 Å². The van der Waals surface area contributed by atoms with E-state index >= 15 is 0 Å². The highest BCUT2D eigenvalue weighted by Crippen LogP contribution is 2.37. The minimum absolute atomic E-state index is 0.479. The topological polar surface area (TPSA) is 49.8 Å². The monoisotopic (exact) mass is 110 g/mol. The molecule has 2 heteroatoms. The Kier molecular flexibility index (Phi) is 1.02. The van der Waals surface area contributed by atoms with Gasteiger partial charge in [0.2, 0.25) is 0 Å². The smallest absolute Gasteiger partial charge is 0.104 e. The summed E-state index contributed by atoms with van der Waals surface area (Å²) in [7, 11) is 0. The van der Waals surface area contributed by atoms with Gasteiger partial charge in [-0.05, 0) is 25.7 Å². The molecule has 0 unspecified atom stereocenters. The SMILES string of the molecule is C[C@](N)(C#N)C1CC1. The van der Waals surface area contributed by atoms with E-state index in [1.54, 1.807) is 6.92 Å². The van der Waals surface area contributed by atoms with Crippen molar-refractivity contribution in [2.75, 3.05) is 0 Å². The first-order chi connectivity index (χ1) is 3.67. The molecular formula is C6H10N2. The third-order valence-corrected chi connectivity index (χ3v) is 1.67. The predicted octanol–water partition coefficient (Wildman–Crippen LogP) is 0.637. The first-order valence-electron chi connectivity index (χ1n) is 2.87. The van der Waals surface area contributed by atoms with Crippen LogP contribution in [0.4, 0.5) is 0 Å². The van der Waals surface area contributed by atoms with Gasteiger partial charge in [0.15, 0.2) is 0 Å². The van der Waals surface area contributed by atoms with Gasteiger partial charge in [-0.3, -0.25) is 0 Å². The van der Waals surface area contributed by atoms with E-state index in [1.165, 1.54) is 0 Å². The van der Waals surface area contributed by atoms with Crippen LogP contribution in [0.2, 0.25) is 0 Å². The average Bonchev–Trinajstić information content (AvgIpc) is 2.44. The molecule has 1 rings (SSSR count). The molecule has 0 aromatic carbocycles. The number of nitrogens with two attached hydrogens (primary N) is 1. The fourth-order valence-corrected chi connectivity index (χ4v) is 0.774. The molecule has 1 fully saturated rings. The Balaban J connectivity index is 2.53. The Hall–Kier alpha value is -0.550. The van der Waals surface area contributed by atoms with Crippen LogP contribution in [0, 0.1) is 17.2 Å². The van der Waals surface area contributed by atoms with E-state index in [4.69, 9.17) is 11.0 Å². The van der Waals surface area contributed by atoms with Crippen molar-refractivity contribution in [3.8, 4) is 6.07 Å². The summed E-state index contributed by atoms with van der Waals surface area (Å²) in [5.41, 5.74) is 5.02. The van der Waals surface area contributed by atoms with Crippen LogP contribution in [-0.4, -0.2) is 5.54 Å². The fourth-order valence-electron chi connectivity index (χ4n) is 0.774. The quantitative estimate of drug-likeness (QED) is 0.538. The summed E-state index contributed by atoms with van der Waals surface area (Å²) in [6.07, 6.45) is 2.28. The van der Waals surface area contributed by atoms with Crippen molar-refractivity contribution in [1.82, 2.24) is 0 Å². The standard InChI is InChI=1S/C6H10N2/c1-6(8,4-7)5-2-3-5/h5H,2-3,8H2,1H3/t6-/m0/s1. The zero-order chi connectivity index (χ0) is 6.20. The first kappa shape index (κ1) is 5.58. The van der Waals surface area contributed by atoms with E-state index in [-0.39, 0.29) is 0 Å². The first-order valence-corrected chi connectivity index (χ1v) is 2.87. The maximum absolute atomic E-state index is 8.43. The third kappa shape index (κ3) is 0.823. The Bertz CT molecular complexity index is 128. The molecule has 0 amide bonds. The molecule has 0 spiro atoms. The van der Waals surface area contributed by atoms with E-state index in [0.29, 0.717) is 5.92 Å². The second kappa shape index (κ2) is 1.46. The molecule has 0 aliphatic heterocycles. The Labute approximate surface area is 49.3 Å². The zero-order valence-corrected chi connectivity index (χ0v) is 5.02. The zero-order valence-electron chi connectivity index (χ0n) is 5.02. The minimum atomic E-state index is -0.542. The molecule has 2 N–H and O–H groups in total. The number of hydrogen-bond donors (Lipinski definition) is 1. The second-order valence-electron chi connectivity index (χ2n) is 2.67. The molecular weight excluding hydrogens is 100 g/mol. The lowest BCUT2D eigenvalue weighted by atomic mass is 10.0. The van der Waals surface area contributed by atoms with Crippen molar-refractivity contribution < 1.29 is 0 Å². The van der Waals surface area contributed by atoms with Crippen molar-refractivity contribution in [3.63, 3.8) is 0 Å². The minimum Gasteiger partial charge on any atom is -0.313 e. The summed E-state index contributed by atoms with van der Waals surface area (Å²) >= 11 is 0. The average molecular weight is 110 g/mol. The highest BCUT2D eigenvalue weighted by molar-refractivity contribution is 5.09. The van der Waals surface area contributed by atoms with Gasteiger partial charge in [0.05, 0.1) is 6.07 Å². The van der Waals surface area contributed by atoms with Crippen molar-refractivity contribution in [1.29, 1.82) is 5.26 Å². The second-order valence-corrected chi connectivity index (χ2v) is 2.67. The summed E-state index contributed by atoms with van der Waals surface area (Å²) in [6, 6.07) is 2.08. The molecule has 0 aromatic rings. The maximum Gasteiger partial charge on any atom is 0.104 e. The fraction of sp³-hybridized carbons (Fsp3) is 0.833. The van der Waals surface area contributed by atoms with Crippen molar-refractivity contribution in [2.24, 2.45) is 11.7 Å². The van der Waals surface area contributed by atoms with Gasteiger partial charge in [-0.25, -0.2) is 0 Å². The van der Waals surface area contributed by atoms with Crippen LogP contribution in [0.5, 0.6) is 0 Å². The molecule has 1 aliphatic rings. The van der Waals surface area contributed by atoms with Crippen molar-refractivity contribution in [3.05, 3.63) is 0 Å². The highest BCUT2D eigenvalue weighted by Gasteiger charge is 2.38. The van der Waals surface area contributed by atoms with E-state index in [2.05, 4.69) is 6.07 Å². The van der Waals surface area contributed by atoms with Crippen LogP contribution in [0.3, 0.4) is 0 Å². The van der Waals surface area contributed by atoms with E-state index in [9.17, 15) is 0 Å². The van der Waals surface area contributed by atoms with Gasteiger partial charge in [-0.1, -0.05) is 0 Å². The molecule has 0 radical (unpaired) electrons. The Morgan fingerprint density at radius 1 is 1.75 bits per heavy atom. The highest BCUT2D eigenvalue weighted by atomic mass is 14.8. The molecule has 0 bridgehead atoms. The maximum atomic E-state index is 8.43. The number of nitrogens with zero attached hydrogens (tertiary/aromatic N) is 1. The van der Waals surface area contributed by atoms with Gasteiger partial charge in [-0.15, -0.1) is 0 Å².